The summed E-state index contributed by atoms with van der Waals surface area (Å²) >= 11 is 0. The Kier molecular flexibility index (Phi) is 8.40. The molecule has 1 unspecified atom stereocenters. The van der Waals surface area contributed by atoms with Crippen LogP contribution >= 0.6 is 0 Å². The van der Waals surface area contributed by atoms with Gasteiger partial charge in [-0.25, -0.2) is 4.98 Å². The minimum atomic E-state index is -0.320. The summed E-state index contributed by atoms with van der Waals surface area (Å²) < 4.78 is 0. The number of hydrogen-bond donors (Lipinski definition) is 1. The summed E-state index contributed by atoms with van der Waals surface area (Å²) in [4.78, 5) is 5.14. The summed E-state index contributed by atoms with van der Waals surface area (Å²) in [6.45, 7) is 0. The normalized spacial score (nSPS) is 17.7. The molecule has 3 aliphatic rings. The maximum absolute atomic E-state index is 6.72. The highest BCUT2D eigenvalue weighted by atomic mass is 14.8. The van der Waals surface area contributed by atoms with Crippen LogP contribution in [0.3, 0.4) is 0 Å². The molecule has 2 N–H and O–H groups in total. The molecule has 0 aliphatic heterocycles. The molecule has 0 fully saturated rings. The Morgan fingerprint density at radius 1 is 0.618 bits per heavy atom. The average molecular weight is 709 g/mol. The maximum atomic E-state index is 6.72. The number of nitrogens with two attached hydrogens (primary N) is 1. The molecule has 2 nitrogen and oxygen atoms in total. The Bertz CT molecular complexity index is 2860. The number of allylic oxidation sites excluding steroid dienone is 5. The van der Waals surface area contributed by atoms with Crippen molar-refractivity contribution in [3.8, 4) is 22.4 Å². The van der Waals surface area contributed by atoms with Gasteiger partial charge in [0.2, 0.25) is 0 Å². The highest BCUT2D eigenvalue weighted by Gasteiger charge is 2.47. The van der Waals surface area contributed by atoms with E-state index >= 15 is 0 Å². The van der Waals surface area contributed by atoms with Gasteiger partial charge in [0.25, 0.3) is 0 Å². The molecule has 0 bridgehead atoms. The maximum Gasteiger partial charge on any atom is 0.0866 e. The Morgan fingerprint density at radius 2 is 1.38 bits per heavy atom. The van der Waals surface area contributed by atoms with E-state index in [-0.39, 0.29) is 5.41 Å². The lowest BCUT2D eigenvalue weighted by Crippen LogP contribution is -2.30. The molecule has 55 heavy (non-hydrogen) atoms. The standard InChI is InChI=1S/C53H44N2/c54-50(27-14-7-16-36-30-32-44-42-23-9-8-21-40(42)41-22-10-11-24-43(41)47(44)34-36)52-29-15-28-51(55-52)37-31-33-46-45-25-12-13-26-48(45)53(49(46)35-37,38-17-3-1-4-18-38)39-19-5-2-6-20-39/h1,3-4,7-9,12-15,17-19,21-35H,2,5-6,10-11,16,20,54H2/b14-7-,50-27-. The zero-order valence-corrected chi connectivity index (χ0v) is 31.1. The second-order valence-corrected chi connectivity index (χ2v) is 15.3. The first kappa shape index (κ1) is 33.3. The van der Waals surface area contributed by atoms with Crippen LogP contribution in [0.1, 0.15) is 66.5 Å². The predicted molar refractivity (Wildman–Crippen MR) is 232 cm³/mol. The van der Waals surface area contributed by atoms with Crippen LogP contribution in [0.4, 0.5) is 0 Å². The number of benzene rings is 6. The SMILES string of the molecule is N/C(=C\C=C/Cc1ccc2c(c1)c1c(c3ccccc32)=CCCC=1)c1cccc(-c2ccc3c(c2)C(C2=CCCCC2)(c2ccccc2)c2ccccc2-3)n1. The molecule has 10 rings (SSSR count). The van der Waals surface area contributed by atoms with Crippen LogP contribution in [-0.2, 0) is 11.8 Å². The molecule has 0 saturated heterocycles. The van der Waals surface area contributed by atoms with Gasteiger partial charge in [-0.05, 0) is 135 Å². The van der Waals surface area contributed by atoms with Crippen LogP contribution < -0.4 is 16.2 Å². The summed E-state index contributed by atoms with van der Waals surface area (Å²) in [6.07, 6.45) is 21.4. The lowest BCUT2D eigenvalue weighted by atomic mass is 9.64. The van der Waals surface area contributed by atoms with Gasteiger partial charge in [0.1, 0.15) is 0 Å². The number of pyridine rings is 1. The van der Waals surface area contributed by atoms with E-state index in [1.807, 2.05) is 12.1 Å². The lowest BCUT2D eigenvalue weighted by Gasteiger charge is -2.37. The van der Waals surface area contributed by atoms with Crippen molar-refractivity contribution in [1.29, 1.82) is 0 Å². The van der Waals surface area contributed by atoms with Crippen molar-refractivity contribution in [2.45, 2.75) is 50.4 Å². The van der Waals surface area contributed by atoms with Crippen molar-refractivity contribution in [2.75, 3.05) is 0 Å². The fraction of sp³-hybridized carbons (Fsp3) is 0.151. The molecule has 0 radical (unpaired) electrons. The van der Waals surface area contributed by atoms with Crippen LogP contribution in [-0.4, -0.2) is 4.98 Å². The average Bonchev–Trinajstić information content (AvgIpc) is 3.56. The van der Waals surface area contributed by atoms with E-state index in [9.17, 15) is 0 Å². The first-order valence-corrected chi connectivity index (χ1v) is 19.9. The third-order valence-electron chi connectivity index (χ3n) is 12.2. The van der Waals surface area contributed by atoms with E-state index in [0.29, 0.717) is 5.70 Å². The van der Waals surface area contributed by atoms with Gasteiger partial charge in [0.15, 0.2) is 0 Å². The zero-order valence-electron chi connectivity index (χ0n) is 31.1. The van der Waals surface area contributed by atoms with Gasteiger partial charge in [-0.3, -0.25) is 0 Å². The van der Waals surface area contributed by atoms with Crippen molar-refractivity contribution in [3.05, 3.63) is 202 Å². The number of fused-ring (bicyclic) bond motifs is 9. The molecule has 0 saturated carbocycles. The fourth-order valence-corrected chi connectivity index (χ4v) is 9.68. The molecule has 266 valence electrons. The third kappa shape index (κ3) is 5.59. The lowest BCUT2D eigenvalue weighted by molar-refractivity contribution is 0.612. The smallest absolute Gasteiger partial charge is 0.0866 e. The van der Waals surface area contributed by atoms with Crippen molar-refractivity contribution >= 4 is 39.4 Å². The molecule has 6 aromatic carbocycles. The van der Waals surface area contributed by atoms with Gasteiger partial charge in [0.05, 0.1) is 22.5 Å². The molecule has 3 aliphatic carbocycles. The van der Waals surface area contributed by atoms with Gasteiger partial charge >= 0.3 is 0 Å². The Labute approximate surface area is 323 Å². The highest BCUT2D eigenvalue weighted by Crippen LogP contribution is 2.58. The van der Waals surface area contributed by atoms with Crippen LogP contribution in [0.15, 0.2) is 163 Å². The number of rotatable bonds is 7. The largest absolute Gasteiger partial charge is 0.397 e. The fourth-order valence-electron chi connectivity index (χ4n) is 9.68. The quantitative estimate of drug-likeness (QED) is 0.102. The second-order valence-electron chi connectivity index (χ2n) is 15.3. The minimum absolute atomic E-state index is 0.320. The minimum Gasteiger partial charge on any atom is -0.397 e. The van der Waals surface area contributed by atoms with Crippen molar-refractivity contribution in [2.24, 2.45) is 5.73 Å². The van der Waals surface area contributed by atoms with Gasteiger partial charge in [-0.1, -0.05) is 151 Å². The van der Waals surface area contributed by atoms with E-state index in [1.165, 1.54) is 83.8 Å². The van der Waals surface area contributed by atoms with Crippen LogP contribution in [0.2, 0.25) is 0 Å². The van der Waals surface area contributed by atoms with Gasteiger partial charge in [-0.15, -0.1) is 0 Å². The number of hydrogen-bond acceptors (Lipinski definition) is 2. The number of nitrogens with zero attached hydrogens (tertiary/aromatic N) is 1. The van der Waals surface area contributed by atoms with Crippen LogP contribution in [0, 0.1) is 0 Å². The molecule has 1 atom stereocenters. The summed E-state index contributed by atoms with van der Waals surface area (Å²) in [6, 6.07) is 49.1. The Morgan fingerprint density at radius 3 is 2.24 bits per heavy atom. The van der Waals surface area contributed by atoms with E-state index in [0.717, 1.165) is 49.1 Å². The first-order valence-electron chi connectivity index (χ1n) is 19.9. The van der Waals surface area contributed by atoms with E-state index in [2.05, 4.69) is 158 Å². The summed E-state index contributed by atoms with van der Waals surface area (Å²) in [7, 11) is 0. The Balaban J connectivity index is 0.966. The van der Waals surface area contributed by atoms with Gasteiger partial charge in [-0.2, -0.15) is 0 Å². The molecule has 2 heteroatoms. The molecule has 0 spiro atoms. The third-order valence-corrected chi connectivity index (χ3v) is 12.2. The summed E-state index contributed by atoms with van der Waals surface area (Å²) in [5.74, 6) is 0. The summed E-state index contributed by atoms with van der Waals surface area (Å²) in [5.41, 5.74) is 19.4. The van der Waals surface area contributed by atoms with Crippen LogP contribution in [0.25, 0.3) is 61.8 Å². The van der Waals surface area contributed by atoms with Gasteiger partial charge in [0, 0.05) is 5.56 Å². The Hall–Kier alpha value is -6.25. The zero-order chi connectivity index (χ0) is 36.8. The van der Waals surface area contributed by atoms with Crippen LogP contribution in [0.5, 0.6) is 0 Å². The van der Waals surface area contributed by atoms with Gasteiger partial charge < -0.3 is 5.73 Å². The topological polar surface area (TPSA) is 38.9 Å². The second kappa shape index (κ2) is 13.9. The molecule has 7 aromatic rings. The van der Waals surface area contributed by atoms with E-state index < -0.39 is 0 Å². The molecule has 1 heterocycles. The highest BCUT2D eigenvalue weighted by molar-refractivity contribution is 6.08. The first-order chi connectivity index (χ1) is 27.2. The summed E-state index contributed by atoms with van der Waals surface area (Å²) in [5, 5.41) is 8.12. The molecule has 0 amide bonds. The number of aromatic nitrogens is 1. The van der Waals surface area contributed by atoms with E-state index in [4.69, 9.17) is 10.7 Å². The predicted octanol–water partition coefficient (Wildman–Crippen LogP) is 11.3. The van der Waals surface area contributed by atoms with Crippen molar-refractivity contribution < 1.29 is 0 Å². The molecule has 1 aromatic heterocycles. The van der Waals surface area contributed by atoms with Crippen molar-refractivity contribution in [3.63, 3.8) is 0 Å². The molecular weight excluding hydrogens is 665 g/mol. The monoisotopic (exact) mass is 708 g/mol. The van der Waals surface area contributed by atoms with Crippen molar-refractivity contribution in [1.82, 2.24) is 4.98 Å². The van der Waals surface area contributed by atoms with E-state index in [1.54, 1.807) is 0 Å². The molecular formula is C53H44N2.